The van der Waals surface area contributed by atoms with Crippen LogP contribution >= 0.6 is 0 Å². The molecule has 0 amide bonds. The average Bonchev–Trinajstić information content (AvgIpc) is 3.15. The van der Waals surface area contributed by atoms with Gasteiger partial charge < -0.3 is 0 Å². The number of hydrogen-bond donors (Lipinski definition) is 0. The first-order valence-electron chi connectivity index (χ1n) is 17.3. The average molecular weight is 621 g/mol. The van der Waals surface area contributed by atoms with E-state index in [0.717, 1.165) is 51.1 Å². The summed E-state index contributed by atoms with van der Waals surface area (Å²) in [6.07, 6.45) is 8.30. The smallest absolute Gasteiger partial charge is 0.164 e. The minimum Gasteiger partial charge on any atom is -0.208 e. The summed E-state index contributed by atoms with van der Waals surface area (Å²) in [6.45, 7) is 0. The number of rotatable bonds is 6. The molecule has 10 rings (SSSR count). The fourth-order valence-electron chi connectivity index (χ4n) is 9.35. The molecule has 6 aromatic rings. The molecule has 0 radical (unpaired) electrons. The molecule has 1 aromatic heterocycles. The molecule has 232 valence electrons. The second kappa shape index (κ2) is 11.7. The lowest BCUT2D eigenvalue weighted by atomic mass is 9.48. The van der Waals surface area contributed by atoms with Crippen molar-refractivity contribution < 1.29 is 0 Å². The van der Waals surface area contributed by atoms with Crippen LogP contribution in [0.1, 0.15) is 49.7 Å². The van der Waals surface area contributed by atoms with Crippen molar-refractivity contribution in [1.82, 2.24) is 15.0 Å². The molecule has 4 fully saturated rings. The molecule has 4 bridgehead atoms. The van der Waals surface area contributed by atoms with Crippen molar-refractivity contribution >= 4 is 0 Å². The number of aromatic nitrogens is 3. The summed E-state index contributed by atoms with van der Waals surface area (Å²) in [7, 11) is 0. The molecule has 0 atom stereocenters. The summed E-state index contributed by atoms with van der Waals surface area (Å²) in [6, 6.07) is 46.4. The van der Waals surface area contributed by atoms with Crippen LogP contribution in [0.4, 0.5) is 0 Å². The lowest BCUT2D eigenvalue weighted by molar-refractivity contribution is -0.00516. The lowest BCUT2D eigenvalue weighted by Gasteiger charge is -2.57. The Bertz CT molecular complexity index is 2090. The van der Waals surface area contributed by atoms with Gasteiger partial charge in [-0.15, -0.1) is 0 Å². The molecule has 5 aromatic carbocycles. The SMILES string of the molecule is N#Cc1ccc(-c2cccc(-c3nc(-c4ccccc4)nc(-c4ccccc4)n3)c2)c(-c2cccc(C34CC5CC(CC(C5)C3)C4)c2)c1. The van der Waals surface area contributed by atoms with Gasteiger partial charge in [-0.2, -0.15) is 5.26 Å². The van der Waals surface area contributed by atoms with E-state index in [9.17, 15) is 5.26 Å². The van der Waals surface area contributed by atoms with E-state index in [-0.39, 0.29) is 0 Å². The summed E-state index contributed by atoms with van der Waals surface area (Å²) in [5.41, 5.74) is 9.71. The molecular formula is C44H36N4. The van der Waals surface area contributed by atoms with Crippen molar-refractivity contribution in [1.29, 1.82) is 5.26 Å². The Morgan fingerprint density at radius 2 is 0.979 bits per heavy atom. The predicted octanol–water partition coefficient (Wildman–Crippen LogP) is 10.5. The van der Waals surface area contributed by atoms with Gasteiger partial charge in [0.2, 0.25) is 0 Å². The van der Waals surface area contributed by atoms with Gasteiger partial charge in [-0.05, 0) is 108 Å². The molecule has 0 aliphatic heterocycles. The fourth-order valence-corrected chi connectivity index (χ4v) is 9.35. The third-order valence-electron chi connectivity index (χ3n) is 11.1. The van der Waals surface area contributed by atoms with Crippen molar-refractivity contribution in [2.45, 2.75) is 43.9 Å². The topological polar surface area (TPSA) is 62.5 Å². The van der Waals surface area contributed by atoms with Crippen LogP contribution in [-0.4, -0.2) is 15.0 Å². The predicted molar refractivity (Wildman–Crippen MR) is 192 cm³/mol. The van der Waals surface area contributed by atoms with Crippen molar-refractivity contribution in [2.24, 2.45) is 17.8 Å². The molecule has 4 aliphatic carbocycles. The highest BCUT2D eigenvalue weighted by Gasteiger charge is 2.51. The molecular weight excluding hydrogens is 585 g/mol. The lowest BCUT2D eigenvalue weighted by Crippen LogP contribution is -2.48. The Morgan fingerprint density at radius 3 is 1.56 bits per heavy atom. The van der Waals surface area contributed by atoms with Crippen LogP contribution in [0.15, 0.2) is 127 Å². The van der Waals surface area contributed by atoms with Crippen LogP contribution < -0.4 is 0 Å². The van der Waals surface area contributed by atoms with E-state index >= 15 is 0 Å². The molecule has 48 heavy (non-hydrogen) atoms. The van der Waals surface area contributed by atoms with E-state index in [4.69, 9.17) is 15.0 Å². The van der Waals surface area contributed by atoms with Crippen molar-refractivity contribution in [3.8, 4) is 62.5 Å². The standard InChI is InChI=1S/C44H36N4/c45-28-29-17-18-39(40(22-29)36-14-8-16-38(24-36)44-25-30-19-31(26-44)21-32(20-30)27-44)35-13-7-15-37(23-35)43-47-41(33-9-3-1-4-10-33)46-42(48-43)34-11-5-2-6-12-34/h1-18,22-24,30-32H,19-21,25-27H2. The Morgan fingerprint density at radius 1 is 0.479 bits per heavy atom. The highest BCUT2D eigenvalue weighted by molar-refractivity contribution is 5.86. The maximum atomic E-state index is 9.94. The van der Waals surface area contributed by atoms with Crippen LogP contribution in [0, 0.1) is 29.1 Å². The van der Waals surface area contributed by atoms with Crippen LogP contribution in [0.2, 0.25) is 0 Å². The van der Waals surface area contributed by atoms with Gasteiger partial charge in [0.15, 0.2) is 17.5 Å². The molecule has 4 nitrogen and oxygen atoms in total. The number of benzene rings is 5. The van der Waals surface area contributed by atoms with E-state index in [1.165, 1.54) is 49.7 Å². The zero-order chi connectivity index (χ0) is 32.1. The number of nitrogens with zero attached hydrogens (tertiary/aromatic N) is 4. The quantitative estimate of drug-likeness (QED) is 0.186. The summed E-state index contributed by atoms with van der Waals surface area (Å²) in [4.78, 5) is 14.8. The number of nitriles is 1. The maximum absolute atomic E-state index is 9.94. The van der Waals surface area contributed by atoms with Crippen molar-refractivity contribution in [2.75, 3.05) is 0 Å². The monoisotopic (exact) mass is 620 g/mol. The summed E-state index contributed by atoms with van der Waals surface area (Å²) < 4.78 is 0. The highest BCUT2D eigenvalue weighted by Crippen LogP contribution is 2.61. The minimum atomic E-state index is 0.309. The Balaban J connectivity index is 1.14. The van der Waals surface area contributed by atoms with Gasteiger partial charge >= 0.3 is 0 Å². The Kier molecular flexibility index (Phi) is 7.01. The molecule has 0 unspecified atom stereocenters. The van der Waals surface area contributed by atoms with Crippen LogP contribution in [-0.2, 0) is 5.41 Å². The van der Waals surface area contributed by atoms with Gasteiger partial charge in [-0.1, -0.05) is 109 Å². The third kappa shape index (κ3) is 5.20. The molecule has 4 saturated carbocycles. The molecule has 0 spiro atoms. The Labute approximate surface area is 282 Å². The number of hydrogen-bond acceptors (Lipinski definition) is 4. The van der Waals surface area contributed by atoms with Gasteiger partial charge in [-0.25, -0.2) is 15.0 Å². The molecule has 1 heterocycles. The van der Waals surface area contributed by atoms with Crippen LogP contribution in [0.3, 0.4) is 0 Å². The summed E-state index contributed by atoms with van der Waals surface area (Å²) >= 11 is 0. The summed E-state index contributed by atoms with van der Waals surface area (Å²) in [5.74, 6) is 4.58. The zero-order valence-electron chi connectivity index (χ0n) is 26.9. The largest absolute Gasteiger partial charge is 0.208 e. The Hall–Kier alpha value is -5.40. The zero-order valence-corrected chi connectivity index (χ0v) is 26.9. The van der Waals surface area contributed by atoms with Crippen LogP contribution in [0.5, 0.6) is 0 Å². The van der Waals surface area contributed by atoms with Gasteiger partial charge in [-0.3, -0.25) is 0 Å². The van der Waals surface area contributed by atoms with Crippen molar-refractivity contribution in [3.05, 3.63) is 139 Å². The van der Waals surface area contributed by atoms with E-state index in [0.29, 0.717) is 28.5 Å². The first kappa shape index (κ1) is 28.8. The van der Waals surface area contributed by atoms with Gasteiger partial charge in [0.05, 0.1) is 11.6 Å². The first-order valence-corrected chi connectivity index (χ1v) is 17.3. The van der Waals surface area contributed by atoms with Gasteiger partial charge in [0.1, 0.15) is 0 Å². The minimum absolute atomic E-state index is 0.309. The van der Waals surface area contributed by atoms with E-state index < -0.39 is 0 Å². The van der Waals surface area contributed by atoms with E-state index in [1.54, 1.807) is 0 Å². The van der Waals surface area contributed by atoms with E-state index in [1.807, 2.05) is 66.7 Å². The highest BCUT2D eigenvalue weighted by atomic mass is 15.0. The maximum Gasteiger partial charge on any atom is 0.164 e. The summed E-state index contributed by atoms with van der Waals surface area (Å²) in [5, 5.41) is 9.94. The van der Waals surface area contributed by atoms with E-state index in [2.05, 4.69) is 66.7 Å². The van der Waals surface area contributed by atoms with Gasteiger partial charge in [0.25, 0.3) is 0 Å². The second-order valence-corrected chi connectivity index (χ2v) is 14.3. The second-order valence-electron chi connectivity index (χ2n) is 14.3. The van der Waals surface area contributed by atoms with Crippen molar-refractivity contribution in [3.63, 3.8) is 0 Å². The first-order chi connectivity index (χ1) is 23.6. The normalized spacial score (nSPS) is 22.4. The fraction of sp³-hybridized carbons (Fsp3) is 0.227. The third-order valence-corrected chi connectivity index (χ3v) is 11.1. The molecule has 4 heteroatoms. The molecule has 0 saturated heterocycles. The molecule has 0 N–H and O–H groups in total. The van der Waals surface area contributed by atoms with Crippen LogP contribution in [0.25, 0.3) is 56.4 Å². The molecule has 4 aliphatic rings. The van der Waals surface area contributed by atoms with Gasteiger partial charge in [0, 0.05) is 16.7 Å².